The zero-order chi connectivity index (χ0) is 19.8. The van der Waals surface area contributed by atoms with E-state index >= 15 is 0 Å². The molecule has 0 aliphatic carbocycles. The Morgan fingerprint density at radius 3 is 2.41 bits per heavy atom. The highest BCUT2D eigenvalue weighted by Gasteiger charge is 2.20. The van der Waals surface area contributed by atoms with Crippen molar-refractivity contribution < 1.29 is 33.8 Å². The molecule has 0 aliphatic rings. The highest BCUT2D eigenvalue weighted by molar-refractivity contribution is 5.93. The zero-order valence-electron chi connectivity index (χ0n) is 13.9. The largest absolute Gasteiger partial charge is 0.501 e. The average Bonchev–Trinajstić information content (AvgIpc) is 2.66. The van der Waals surface area contributed by atoms with Gasteiger partial charge in [0.05, 0.1) is 0 Å². The fraction of sp³-hybridized carbons (Fsp3) is 0.176. The van der Waals surface area contributed by atoms with E-state index in [2.05, 4.69) is 10.6 Å². The van der Waals surface area contributed by atoms with Crippen molar-refractivity contribution in [3.05, 3.63) is 63.7 Å². The Hall–Kier alpha value is -3.82. The van der Waals surface area contributed by atoms with Gasteiger partial charge in [0.15, 0.2) is 5.76 Å². The third kappa shape index (κ3) is 5.59. The number of nitrogens with one attached hydrogen (secondary N) is 2. The van der Waals surface area contributed by atoms with Gasteiger partial charge in [-0.05, 0) is 5.56 Å². The maximum Gasteiger partial charge on any atom is 0.407 e. The molecule has 0 unspecified atom stereocenters. The molecule has 0 bridgehead atoms. The summed E-state index contributed by atoms with van der Waals surface area (Å²) in [6.07, 6.45) is -0.683. The number of carbonyl (C=O) groups is 3. The molecule has 0 aliphatic heterocycles. The van der Waals surface area contributed by atoms with E-state index in [0.29, 0.717) is 6.07 Å². The number of carboxylic acids is 1. The third-order valence-corrected chi connectivity index (χ3v) is 3.23. The molecule has 1 heterocycles. The van der Waals surface area contributed by atoms with Crippen LogP contribution >= 0.6 is 0 Å². The topological polar surface area (TPSA) is 155 Å². The Morgan fingerprint density at radius 2 is 1.74 bits per heavy atom. The number of carboxylic acid groups (broad SMARTS) is 1. The molecule has 2 rings (SSSR count). The molecule has 0 spiro atoms. The second-order valence-electron chi connectivity index (χ2n) is 5.20. The van der Waals surface area contributed by atoms with E-state index in [1.165, 1.54) is 0 Å². The summed E-state index contributed by atoms with van der Waals surface area (Å²) in [7, 11) is 0. The van der Waals surface area contributed by atoms with Crippen LogP contribution in [0.5, 0.6) is 5.75 Å². The Morgan fingerprint density at radius 1 is 1.07 bits per heavy atom. The van der Waals surface area contributed by atoms with Gasteiger partial charge < -0.3 is 30.0 Å². The molecule has 0 saturated carbocycles. The number of benzene rings is 1. The van der Waals surface area contributed by atoms with Crippen LogP contribution in [-0.2, 0) is 11.3 Å². The van der Waals surface area contributed by atoms with E-state index < -0.39 is 40.7 Å². The van der Waals surface area contributed by atoms with Gasteiger partial charge in [-0.25, -0.2) is 9.59 Å². The second kappa shape index (κ2) is 9.04. The predicted octanol–water partition coefficient (Wildman–Crippen LogP) is 0.700. The highest BCUT2D eigenvalue weighted by atomic mass is 16.5. The lowest BCUT2D eigenvalue weighted by Crippen LogP contribution is -2.35. The molecule has 0 saturated heterocycles. The maximum atomic E-state index is 11.9. The zero-order valence-corrected chi connectivity index (χ0v) is 13.9. The van der Waals surface area contributed by atoms with Gasteiger partial charge in [-0.1, -0.05) is 30.3 Å². The molecule has 27 heavy (non-hydrogen) atoms. The van der Waals surface area contributed by atoms with Crippen LogP contribution in [-0.4, -0.2) is 41.3 Å². The molecule has 10 heteroatoms. The summed E-state index contributed by atoms with van der Waals surface area (Å²) in [5.41, 5.74) is -0.246. The number of alkyl carbamates (subject to hydrolysis) is 1. The van der Waals surface area contributed by atoms with Crippen molar-refractivity contribution in [3.8, 4) is 5.75 Å². The Kier molecular flexibility index (Phi) is 6.53. The summed E-state index contributed by atoms with van der Waals surface area (Å²) in [5.74, 6) is -5.28. The van der Waals surface area contributed by atoms with Crippen LogP contribution in [0, 0.1) is 0 Å². The first kappa shape index (κ1) is 19.5. The summed E-state index contributed by atoms with van der Waals surface area (Å²) in [4.78, 5) is 45.7. The monoisotopic (exact) mass is 376 g/mol. The minimum Gasteiger partial charge on any atom is -0.501 e. The van der Waals surface area contributed by atoms with Crippen LogP contribution in [0.1, 0.15) is 26.7 Å². The first-order valence-electron chi connectivity index (χ1n) is 7.71. The molecule has 10 nitrogen and oxygen atoms in total. The number of aromatic hydroxyl groups is 1. The number of ether oxygens (including phenoxy) is 1. The molecule has 2 amide bonds. The van der Waals surface area contributed by atoms with Crippen molar-refractivity contribution in [1.82, 2.24) is 10.6 Å². The first-order chi connectivity index (χ1) is 12.9. The summed E-state index contributed by atoms with van der Waals surface area (Å²) in [6.45, 7) is 0.0788. The molecule has 1 aromatic heterocycles. The lowest BCUT2D eigenvalue weighted by atomic mass is 10.2. The van der Waals surface area contributed by atoms with E-state index in [-0.39, 0.29) is 19.7 Å². The smallest absolute Gasteiger partial charge is 0.407 e. The minimum atomic E-state index is -1.69. The van der Waals surface area contributed by atoms with Crippen LogP contribution in [0.2, 0.25) is 0 Å². The highest BCUT2D eigenvalue weighted by Crippen LogP contribution is 2.13. The van der Waals surface area contributed by atoms with Crippen LogP contribution in [0.3, 0.4) is 0 Å². The Labute approximate surface area is 152 Å². The summed E-state index contributed by atoms with van der Waals surface area (Å²) in [5, 5.41) is 22.9. The molecule has 1 aromatic carbocycles. The Balaban J connectivity index is 1.78. The van der Waals surface area contributed by atoms with Crippen molar-refractivity contribution in [2.75, 3.05) is 13.1 Å². The molecule has 0 fully saturated rings. The molecule has 0 atom stereocenters. The molecule has 2 aromatic rings. The first-order valence-corrected chi connectivity index (χ1v) is 7.71. The maximum absolute atomic E-state index is 11.9. The van der Waals surface area contributed by atoms with Crippen molar-refractivity contribution >= 4 is 18.0 Å². The SMILES string of the molecule is O=C(NCCNC(=O)c1cc(=O)c(O)c(C(=O)O)o1)OCc1ccccc1. The van der Waals surface area contributed by atoms with E-state index in [4.69, 9.17) is 14.3 Å². The molecule has 142 valence electrons. The van der Waals surface area contributed by atoms with Crippen molar-refractivity contribution in [2.24, 2.45) is 0 Å². The Bertz CT molecular complexity index is 892. The number of hydrogen-bond acceptors (Lipinski definition) is 7. The van der Waals surface area contributed by atoms with E-state index in [1.54, 1.807) is 12.1 Å². The normalized spacial score (nSPS) is 10.1. The number of aromatic carboxylic acids is 1. The second-order valence-corrected chi connectivity index (χ2v) is 5.20. The van der Waals surface area contributed by atoms with Gasteiger partial charge in [0.1, 0.15) is 6.61 Å². The fourth-order valence-electron chi connectivity index (χ4n) is 1.95. The average molecular weight is 376 g/mol. The number of hydrogen-bond donors (Lipinski definition) is 4. The van der Waals surface area contributed by atoms with E-state index in [0.717, 1.165) is 5.56 Å². The van der Waals surface area contributed by atoms with Gasteiger partial charge >= 0.3 is 12.1 Å². The molecular formula is C17H16N2O8. The van der Waals surface area contributed by atoms with Gasteiger partial charge in [0.2, 0.25) is 11.2 Å². The predicted molar refractivity (Wildman–Crippen MR) is 90.6 cm³/mol. The third-order valence-electron chi connectivity index (χ3n) is 3.23. The van der Waals surface area contributed by atoms with Crippen LogP contribution < -0.4 is 16.1 Å². The van der Waals surface area contributed by atoms with Crippen molar-refractivity contribution in [1.29, 1.82) is 0 Å². The summed E-state index contributed by atoms with van der Waals surface area (Å²) < 4.78 is 9.68. The van der Waals surface area contributed by atoms with Crippen molar-refractivity contribution in [3.63, 3.8) is 0 Å². The standard InChI is InChI=1S/C17H16N2O8/c20-11-8-12(27-14(13(11)21)16(23)24)15(22)18-6-7-19-17(25)26-9-10-4-2-1-3-5-10/h1-5,8,21H,6-7,9H2,(H,18,22)(H,19,25)(H,23,24). The van der Waals surface area contributed by atoms with Crippen LogP contribution in [0.15, 0.2) is 45.6 Å². The lowest BCUT2D eigenvalue weighted by molar-refractivity contribution is 0.0649. The number of carbonyl (C=O) groups excluding carboxylic acids is 2. The number of rotatable bonds is 7. The van der Waals surface area contributed by atoms with Gasteiger partial charge in [0.25, 0.3) is 11.7 Å². The van der Waals surface area contributed by atoms with E-state index in [9.17, 15) is 24.3 Å². The van der Waals surface area contributed by atoms with Gasteiger partial charge in [-0.15, -0.1) is 0 Å². The molecular weight excluding hydrogens is 360 g/mol. The lowest BCUT2D eigenvalue weighted by Gasteiger charge is -2.08. The fourth-order valence-corrected chi connectivity index (χ4v) is 1.95. The summed E-state index contributed by atoms with van der Waals surface area (Å²) in [6, 6.07) is 9.71. The van der Waals surface area contributed by atoms with Gasteiger partial charge in [-0.3, -0.25) is 9.59 Å². The van der Waals surface area contributed by atoms with Gasteiger partial charge in [-0.2, -0.15) is 0 Å². The molecule has 4 N–H and O–H groups in total. The van der Waals surface area contributed by atoms with Crippen LogP contribution in [0.25, 0.3) is 0 Å². The minimum absolute atomic E-state index is 0.0213. The quantitative estimate of drug-likeness (QED) is 0.515. The van der Waals surface area contributed by atoms with Gasteiger partial charge in [0, 0.05) is 19.2 Å². The van der Waals surface area contributed by atoms with Crippen molar-refractivity contribution in [2.45, 2.75) is 6.61 Å². The van der Waals surface area contributed by atoms with E-state index in [1.807, 2.05) is 18.2 Å². The molecule has 0 radical (unpaired) electrons. The van der Waals surface area contributed by atoms with Crippen LogP contribution in [0.4, 0.5) is 4.79 Å². The number of amides is 2. The summed E-state index contributed by atoms with van der Waals surface area (Å²) >= 11 is 0.